The molecule has 1 aliphatic heterocycles. The summed E-state index contributed by atoms with van der Waals surface area (Å²) in [5.74, 6) is -1.71. The molecule has 2 heterocycles. The molecule has 126 valence electrons. The molecule has 0 saturated heterocycles. The maximum atomic E-state index is 12.9. The number of hydrogen-bond donors (Lipinski definition) is 1. The highest BCUT2D eigenvalue weighted by Gasteiger charge is 2.39. The van der Waals surface area contributed by atoms with Crippen LogP contribution in [0.15, 0.2) is 40.2 Å². The first-order chi connectivity index (χ1) is 11.9. The molecule has 0 bridgehead atoms. The highest BCUT2D eigenvalue weighted by molar-refractivity contribution is 6.52. The van der Waals surface area contributed by atoms with Crippen molar-refractivity contribution in [1.29, 1.82) is 5.26 Å². The molecule has 1 unspecified atom stereocenters. The predicted molar refractivity (Wildman–Crippen MR) is 89.3 cm³/mol. The van der Waals surface area contributed by atoms with Crippen LogP contribution < -0.4 is 16.3 Å². The first-order valence-corrected chi connectivity index (χ1v) is 7.35. The van der Waals surface area contributed by atoms with Gasteiger partial charge in [0.1, 0.15) is 6.07 Å². The largest absolute Gasteiger partial charge is 0.313 e. The lowest BCUT2D eigenvalue weighted by atomic mass is 10.1. The molecule has 0 fully saturated rings. The third-order valence-electron chi connectivity index (χ3n) is 4.03. The van der Waals surface area contributed by atoms with E-state index in [0.717, 1.165) is 5.01 Å². The number of para-hydroxylation sites is 1. The first-order valence-electron chi connectivity index (χ1n) is 7.35. The summed E-state index contributed by atoms with van der Waals surface area (Å²) in [5, 5.41) is 13.5. The number of anilines is 1. The number of aromatic nitrogens is 2. The standard InChI is InChI=1S/C16H14N6O3/c1-9-13(21-15(24)12(18)14(23)11(8-17)19-21)16(25)22(20(9)2)10-6-4-3-5-7-10/h3-7,12H,18H2,1-2H3. The summed E-state index contributed by atoms with van der Waals surface area (Å²) < 4.78 is 2.92. The van der Waals surface area contributed by atoms with Crippen LogP contribution in [0, 0.1) is 18.3 Å². The fourth-order valence-electron chi connectivity index (χ4n) is 2.63. The summed E-state index contributed by atoms with van der Waals surface area (Å²) in [6.45, 7) is 1.63. The number of carbonyl (C=O) groups is 2. The second-order valence-corrected chi connectivity index (χ2v) is 5.46. The second-order valence-electron chi connectivity index (χ2n) is 5.46. The molecule has 1 aliphatic rings. The van der Waals surface area contributed by atoms with Crippen LogP contribution in [0.4, 0.5) is 5.69 Å². The molecule has 2 aromatic rings. The second kappa shape index (κ2) is 5.85. The van der Waals surface area contributed by atoms with E-state index in [1.54, 1.807) is 49.0 Å². The van der Waals surface area contributed by atoms with Crippen molar-refractivity contribution in [2.45, 2.75) is 13.0 Å². The van der Waals surface area contributed by atoms with Crippen molar-refractivity contribution in [2.24, 2.45) is 17.9 Å². The third kappa shape index (κ3) is 2.36. The van der Waals surface area contributed by atoms with Gasteiger partial charge in [-0.1, -0.05) is 18.2 Å². The fraction of sp³-hybridized carbons (Fsp3) is 0.188. The molecule has 0 spiro atoms. The van der Waals surface area contributed by atoms with E-state index >= 15 is 0 Å². The Balaban J connectivity index is 2.25. The van der Waals surface area contributed by atoms with Gasteiger partial charge in [-0.2, -0.15) is 10.3 Å². The number of nitriles is 1. The zero-order valence-electron chi connectivity index (χ0n) is 13.5. The smallest absolute Gasteiger partial charge is 0.297 e. The predicted octanol–water partition coefficient (Wildman–Crippen LogP) is -0.393. The quantitative estimate of drug-likeness (QED) is 0.746. The van der Waals surface area contributed by atoms with Gasteiger partial charge in [-0.25, -0.2) is 4.68 Å². The Labute approximate surface area is 142 Å². The van der Waals surface area contributed by atoms with Crippen molar-refractivity contribution in [3.63, 3.8) is 0 Å². The van der Waals surface area contributed by atoms with E-state index in [1.807, 2.05) is 6.07 Å². The molecule has 0 saturated carbocycles. The van der Waals surface area contributed by atoms with Gasteiger partial charge in [-0.15, -0.1) is 5.10 Å². The zero-order chi connectivity index (χ0) is 18.3. The fourth-order valence-corrected chi connectivity index (χ4v) is 2.63. The van der Waals surface area contributed by atoms with E-state index in [2.05, 4.69) is 5.10 Å². The van der Waals surface area contributed by atoms with Gasteiger partial charge < -0.3 is 5.73 Å². The van der Waals surface area contributed by atoms with Crippen molar-refractivity contribution < 1.29 is 9.59 Å². The highest BCUT2D eigenvalue weighted by atomic mass is 16.2. The van der Waals surface area contributed by atoms with Crippen LogP contribution in [0.3, 0.4) is 0 Å². The maximum absolute atomic E-state index is 12.9. The summed E-state index contributed by atoms with van der Waals surface area (Å²) in [6.07, 6.45) is 0. The number of nitrogens with zero attached hydrogens (tertiary/aromatic N) is 5. The van der Waals surface area contributed by atoms with Crippen LogP contribution in [0.2, 0.25) is 0 Å². The number of nitrogens with two attached hydrogens (primary N) is 1. The number of Topliss-reactive ketones (excluding diaryl/α,β-unsaturated/α-hetero) is 1. The Kier molecular flexibility index (Phi) is 3.82. The Bertz CT molecular complexity index is 1010. The van der Waals surface area contributed by atoms with E-state index in [1.165, 1.54) is 4.68 Å². The van der Waals surface area contributed by atoms with E-state index in [-0.39, 0.29) is 5.69 Å². The molecule has 0 radical (unpaired) electrons. The number of amides is 1. The monoisotopic (exact) mass is 338 g/mol. The summed E-state index contributed by atoms with van der Waals surface area (Å²) in [6, 6.07) is 8.89. The first kappa shape index (κ1) is 16.4. The zero-order valence-corrected chi connectivity index (χ0v) is 13.5. The van der Waals surface area contributed by atoms with Crippen LogP contribution in [0.1, 0.15) is 5.69 Å². The van der Waals surface area contributed by atoms with Crippen LogP contribution in [-0.2, 0) is 16.6 Å². The topological polar surface area (TPSA) is 126 Å². The maximum Gasteiger partial charge on any atom is 0.297 e. The molecule has 3 rings (SSSR count). The minimum atomic E-state index is -1.56. The van der Waals surface area contributed by atoms with Crippen molar-refractivity contribution in [2.75, 3.05) is 5.01 Å². The molecule has 1 aromatic carbocycles. The van der Waals surface area contributed by atoms with Gasteiger partial charge in [0.25, 0.3) is 11.5 Å². The Hall–Kier alpha value is -3.51. The molecule has 0 aliphatic carbocycles. The summed E-state index contributed by atoms with van der Waals surface area (Å²) >= 11 is 0. The average molecular weight is 338 g/mol. The molecule has 9 heteroatoms. The lowest BCUT2D eigenvalue weighted by molar-refractivity contribution is -0.126. The summed E-state index contributed by atoms with van der Waals surface area (Å²) in [4.78, 5) is 37.1. The van der Waals surface area contributed by atoms with E-state index in [0.29, 0.717) is 11.4 Å². The molecular weight excluding hydrogens is 324 g/mol. The third-order valence-corrected chi connectivity index (χ3v) is 4.03. The number of hydrazone groups is 1. The molecule has 2 N–H and O–H groups in total. The number of rotatable bonds is 2. The van der Waals surface area contributed by atoms with E-state index in [9.17, 15) is 14.4 Å². The Morgan fingerprint density at radius 2 is 1.84 bits per heavy atom. The van der Waals surface area contributed by atoms with Crippen LogP contribution in [-0.4, -0.2) is 32.8 Å². The molecule has 25 heavy (non-hydrogen) atoms. The minimum Gasteiger partial charge on any atom is -0.313 e. The van der Waals surface area contributed by atoms with E-state index in [4.69, 9.17) is 11.0 Å². The average Bonchev–Trinajstić information content (AvgIpc) is 2.84. The number of carbonyl (C=O) groups excluding carboxylic acids is 2. The molecule has 1 atom stereocenters. The van der Waals surface area contributed by atoms with Gasteiger partial charge in [-0.3, -0.25) is 19.1 Å². The lowest BCUT2D eigenvalue weighted by Gasteiger charge is -2.23. The van der Waals surface area contributed by atoms with Gasteiger partial charge in [0.05, 0.1) is 11.4 Å². The molecule has 1 aromatic heterocycles. The number of hydrogen-bond acceptors (Lipinski definition) is 6. The van der Waals surface area contributed by atoms with Crippen LogP contribution in [0.25, 0.3) is 5.69 Å². The van der Waals surface area contributed by atoms with E-state index < -0.39 is 29.0 Å². The van der Waals surface area contributed by atoms with Crippen LogP contribution >= 0.6 is 0 Å². The summed E-state index contributed by atoms with van der Waals surface area (Å²) in [7, 11) is 1.65. The van der Waals surface area contributed by atoms with Crippen molar-refractivity contribution in [3.05, 3.63) is 46.4 Å². The van der Waals surface area contributed by atoms with Crippen molar-refractivity contribution >= 4 is 23.1 Å². The van der Waals surface area contributed by atoms with Crippen LogP contribution in [0.5, 0.6) is 0 Å². The highest BCUT2D eigenvalue weighted by Crippen LogP contribution is 2.21. The SMILES string of the molecule is Cc1c(N2N=C(C#N)C(=O)C(N)C2=O)c(=O)n(-c2ccccc2)n1C. The van der Waals surface area contributed by atoms with Gasteiger partial charge in [0, 0.05) is 7.05 Å². The number of benzene rings is 1. The van der Waals surface area contributed by atoms with Gasteiger partial charge in [-0.05, 0) is 19.1 Å². The van der Waals surface area contributed by atoms with Crippen molar-refractivity contribution in [1.82, 2.24) is 9.36 Å². The Morgan fingerprint density at radius 1 is 1.20 bits per heavy atom. The lowest BCUT2D eigenvalue weighted by Crippen LogP contribution is -2.54. The molecular formula is C16H14N6O3. The minimum absolute atomic E-state index is 0.0490. The number of ketones is 1. The van der Waals surface area contributed by atoms with Crippen molar-refractivity contribution in [3.8, 4) is 11.8 Å². The molecule has 9 nitrogen and oxygen atoms in total. The Morgan fingerprint density at radius 3 is 2.44 bits per heavy atom. The summed E-state index contributed by atoms with van der Waals surface area (Å²) in [5.41, 5.74) is 5.54. The molecule has 1 amide bonds. The van der Waals surface area contributed by atoms with Gasteiger partial charge >= 0.3 is 0 Å². The van der Waals surface area contributed by atoms with Gasteiger partial charge in [0.2, 0.25) is 11.5 Å². The normalized spacial score (nSPS) is 17.4. The van der Waals surface area contributed by atoms with Gasteiger partial charge in [0.15, 0.2) is 11.7 Å².